The Labute approximate surface area is 399 Å². The van der Waals surface area contributed by atoms with Gasteiger partial charge in [-0.1, -0.05) is 291 Å². The first-order valence-corrected chi connectivity index (χ1v) is 28.9. The Balaban J connectivity index is 4.20. The van der Waals surface area contributed by atoms with Crippen LogP contribution >= 0.6 is 0 Å². The van der Waals surface area contributed by atoms with Crippen molar-refractivity contribution in [2.45, 2.75) is 336 Å². The fraction of sp³-hybridized carbons (Fsp3) is 0.948. The lowest BCUT2D eigenvalue weighted by Crippen LogP contribution is -2.30. The molecule has 0 aromatic carbocycles. The Hall–Kier alpha value is -1.59. The van der Waals surface area contributed by atoms with Crippen LogP contribution in [0.25, 0.3) is 0 Å². The second-order valence-corrected chi connectivity index (χ2v) is 20.4. The largest absolute Gasteiger partial charge is 0.462 e. The highest BCUT2D eigenvalue weighted by Gasteiger charge is 2.19. The lowest BCUT2D eigenvalue weighted by Gasteiger charge is -2.18. The molecular weight excluding hydrogens is 793 g/mol. The number of carbonyl (C=O) groups is 3. The summed E-state index contributed by atoms with van der Waals surface area (Å²) < 4.78 is 16.9. The van der Waals surface area contributed by atoms with Gasteiger partial charge >= 0.3 is 17.9 Å². The molecule has 64 heavy (non-hydrogen) atoms. The Morgan fingerprint density at radius 2 is 0.516 bits per heavy atom. The van der Waals surface area contributed by atoms with Crippen LogP contribution in [0.5, 0.6) is 0 Å². The topological polar surface area (TPSA) is 78.9 Å². The molecule has 380 valence electrons. The lowest BCUT2D eigenvalue weighted by molar-refractivity contribution is -0.167. The maximum Gasteiger partial charge on any atom is 0.306 e. The Bertz CT molecular complexity index is 964. The normalized spacial score (nSPS) is 12.0. The molecule has 0 saturated heterocycles. The molecule has 0 aromatic rings. The third kappa shape index (κ3) is 51.4. The first-order valence-electron chi connectivity index (χ1n) is 28.9. The predicted octanol–water partition coefficient (Wildman–Crippen LogP) is 19.0. The van der Waals surface area contributed by atoms with Crippen LogP contribution in [0.2, 0.25) is 0 Å². The van der Waals surface area contributed by atoms with Gasteiger partial charge in [0.25, 0.3) is 0 Å². The van der Waals surface area contributed by atoms with E-state index in [1.807, 2.05) is 0 Å². The minimum atomic E-state index is -0.761. The minimum absolute atomic E-state index is 0.0620. The van der Waals surface area contributed by atoms with Crippen molar-refractivity contribution in [3.63, 3.8) is 0 Å². The maximum atomic E-state index is 12.8. The summed E-state index contributed by atoms with van der Waals surface area (Å²) in [5.74, 6) is 0.0154. The molecule has 1 atom stereocenters. The molecule has 0 aliphatic rings. The summed E-state index contributed by atoms with van der Waals surface area (Å²) in [4.78, 5) is 38.0. The summed E-state index contributed by atoms with van der Waals surface area (Å²) in [7, 11) is 0. The number of hydrogen-bond donors (Lipinski definition) is 0. The standard InChI is InChI=1S/C58H112O6/c1-5-7-9-11-13-15-17-18-19-20-24-27-30-34-37-41-45-49-56(59)62-52-55(64-58(61)51-47-43-39-33-16-14-12-10-8-6-2)53-63-57(60)50-46-42-38-35-31-28-25-22-21-23-26-29-32-36-40-44-48-54(3)4/h54-55H,5-53H2,1-4H3/t55-/m1/s1. The van der Waals surface area contributed by atoms with E-state index in [1.165, 1.54) is 225 Å². The van der Waals surface area contributed by atoms with Crippen molar-refractivity contribution in [3.8, 4) is 0 Å². The van der Waals surface area contributed by atoms with Crippen LogP contribution < -0.4 is 0 Å². The number of hydrogen-bond acceptors (Lipinski definition) is 6. The van der Waals surface area contributed by atoms with Crippen molar-refractivity contribution in [1.29, 1.82) is 0 Å². The van der Waals surface area contributed by atoms with E-state index in [9.17, 15) is 14.4 Å². The van der Waals surface area contributed by atoms with Crippen molar-refractivity contribution < 1.29 is 28.6 Å². The smallest absolute Gasteiger partial charge is 0.306 e. The average Bonchev–Trinajstić information content (AvgIpc) is 3.28. The highest BCUT2D eigenvalue weighted by Crippen LogP contribution is 2.18. The maximum absolute atomic E-state index is 12.8. The lowest BCUT2D eigenvalue weighted by atomic mass is 10.0. The van der Waals surface area contributed by atoms with Crippen LogP contribution in [0.3, 0.4) is 0 Å². The van der Waals surface area contributed by atoms with Crippen molar-refractivity contribution in [2.75, 3.05) is 13.2 Å². The molecule has 0 unspecified atom stereocenters. The van der Waals surface area contributed by atoms with Gasteiger partial charge in [0, 0.05) is 19.3 Å². The van der Waals surface area contributed by atoms with Crippen LogP contribution in [0.4, 0.5) is 0 Å². The van der Waals surface area contributed by atoms with Gasteiger partial charge in [0.15, 0.2) is 6.10 Å². The molecule has 0 rings (SSSR count). The van der Waals surface area contributed by atoms with E-state index < -0.39 is 6.10 Å². The minimum Gasteiger partial charge on any atom is -0.462 e. The van der Waals surface area contributed by atoms with Crippen molar-refractivity contribution >= 4 is 17.9 Å². The van der Waals surface area contributed by atoms with Gasteiger partial charge in [-0.05, 0) is 25.2 Å². The second kappa shape index (κ2) is 52.4. The molecular formula is C58H112O6. The van der Waals surface area contributed by atoms with Gasteiger partial charge in [0.1, 0.15) is 13.2 Å². The highest BCUT2D eigenvalue weighted by atomic mass is 16.6. The number of carbonyl (C=O) groups excluding carboxylic acids is 3. The van der Waals surface area contributed by atoms with Gasteiger partial charge in [-0.15, -0.1) is 0 Å². The van der Waals surface area contributed by atoms with E-state index >= 15 is 0 Å². The zero-order valence-electron chi connectivity index (χ0n) is 43.8. The molecule has 0 spiro atoms. The van der Waals surface area contributed by atoms with Crippen LogP contribution in [0.15, 0.2) is 0 Å². The summed E-state index contributed by atoms with van der Waals surface area (Å²) in [6.07, 6.45) is 56.7. The van der Waals surface area contributed by atoms with Crippen molar-refractivity contribution in [1.82, 2.24) is 0 Å². The fourth-order valence-corrected chi connectivity index (χ4v) is 8.92. The molecule has 0 fully saturated rings. The quantitative estimate of drug-likeness (QED) is 0.0344. The molecule has 6 nitrogen and oxygen atoms in total. The predicted molar refractivity (Wildman–Crippen MR) is 275 cm³/mol. The Morgan fingerprint density at radius 1 is 0.297 bits per heavy atom. The van der Waals surface area contributed by atoms with Gasteiger partial charge in [0.2, 0.25) is 0 Å². The van der Waals surface area contributed by atoms with Crippen LogP contribution in [-0.2, 0) is 28.6 Å². The summed E-state index contributed by atoms with van der Waals surface area (Å²) in [6, 6.07) is 0. The first kappa shape index (κ1) is 62.4. The average molecular weight is 906 g/mol. The highest BCUT2D eigenvalue weighted by molar-refractivity contribution is 5.71. The van der Waals surface area contributed by atoms with Crippen LogP contribution in [0, 0.1) is 5.92 Å². The van der Waals surface area contributed by atoms with Gasteiger partial charge in [0.05, 0.1) is 0 Å². The second-order valence-electron chi connectivity index (χ2n) is 20.4. The monoisotopic (exact) mass is 905 g/mol. The molecule has 0 radical (unpaired) electrons. The van der Waals surface area contributed by atoms with E-state index in [0.717, 1.165) is 63.7 Å². The number of unbranched alkanes of at least 4 members (excludes halogenated alkanes) is 40. The zero-order valence-corrected chi connectivity index (χ0v) is 43.8. The third-order valence-electron chi connectivity index (χ3n) is 13.3. The van der Waals surface area contributed by atoms with Crippen LogP contribution in [-0.4, -0.2) is 37.2 Å². The summed E-state index contributed by atoms with van der Waals surface area (Å²) in [5, 5.41) is 0. The molecule has 0 saturated carbocycles. The number of esters is 3. The molecule has 0 aliphatic heterocycles. The Kier molecular flexibility index (Phi) is 51.1. The van der Waals surface area contributed by atoms with Gasteiger partial charge < -0.3 is 14.2 Å². The van der Waals surface area contributed by atoms with Gasteiger partial charge in [-0.25, -0.2) is 0 Å². The van der Waals surface area contributed by atoms with Gasteiger partial charge in [-0.2, -0.15) is 0 Å². The summed E-state index contributed by atoms with van der Waals surface area (Å²) in [5.41, 5.74) is 0. The van der Waals surface area contributed by atoms with Crippen LogP contribution in [0.1, 0.15) is 329 Å². The van der Waals surface area contributed by atoms with E-state index in [1.54, 1.807) is 0 Å². The zero-order chi connectivity index (χ0) is 46.7. The summed E-state index contributed by atoms with van der Waals surface area (Å²) >= 11 is 0. The molecule has 0 amide bonds. The van der Waals surface area contributed by atoms with Crippen molar-refractivity contribution in [3.05, 3.63) is 0 Å². The SMILES string of the molecule is CCCCCCCCCCCCCCCCCCCC(=O)OC[C@H](COC(=O)CCCCCCCCCCCCCCCCCCC(C)C)OC(=O)CCCCCCCCCCCC. The number of ether oxygens (including phenoxy) is 3. The Morgan fingerprint density at radius 3 is 0.766 bits per heavy atom. The van der Waals surface area contributed by atoms with E-state index in [-0.39, 0.29) is 31.1 Å². The summed E-state index contributed by atoms with van der Waals surface area (Å²) in [6.45, 7) is 9.06. The third-order valence-corrected chi connectivity index (χ3v) is 13.3. The van der Waals surface area contributed by atoms with E-state index in [0.29, 0.717) is 19.3 Å². The molecule has 0 aliphatic carbocycles. The van der Waals surface area contributed by atoms with E-state index in [2.05, 4.69) is 27.7 Å². The van der Waals surface area contributed by atoms with Gasteiger partial charge in [-0.3, -0.25) is 14.4 Å². The molecule has 0 bridgehead atoms. The molecule has 6 heteroatoms. The van der Waals surface area contributed by atoms with E-state index in [4.69, 9.17) is 14.2 Å². The molecule has 0 heterocycles. The number of rotatable bonds is 53. The fourth-order valence-electron chi connectivity index (χ4n) is 8.92. The van der Waals surface area contributed by atoms with Crippen molar-refractivity contribution in [2.24, 2.45) is 5.92 Å². The molecule has 0 N–H and O–H groups in total. The molecule has 0 aromatic heterocycles. The first-order chi connectivity index (χ1) is 31.4.